The first kappa shape index (κ1) is 28.5. The smallest absolute Gasteiger partial charge is 0.227 e. The van der Waals surface area contributed by atoms with Crippen LogP contribution >= 0.6 is 35.0 Å². The summed E-state index contributed by atoms with van der Waals surface area (Å²) in [5.74, 6) is 1.99. The molecule has 2 aromatic carbocycles. The molecule has 200 valence electrons. The quantitative estimate of drug-likeness (QED) is 0.269. The standard InChI is InChI=1S/C28H37Cl2N3O2SSi/c1-28(2,3)37(5,6)35-21-12-10-20(11-13-21)34-26-24(30)15-23(29)22-16-31-27(33-25(22)26)32-19-9-7-8-18(14-19)17-36-4/h7-9,14-16,20-21H,10-13,17H2,1-6H3,(H,31,32,33)/t20-,21+. The van der Waals surface area contributed by atoms with Gasteiger partial charge in [0.15, 0.2) is 14.1 Å². The highest BCUT2D eigenvalue weighted by atomic mass is 35.5. The second-order valence-electron chi connectivity index (χ2n) is 11.3. The topological polar surface area (TPSA) is 56.3 Å². The lowest BCUT2D eigenvalue weighted by molar-refractivity contribution is 0.0733. The van der Waals surface area contributed by atoms with Crippen LogP contribution in [-0.2, 0) is 10.2 Å². The van der Waals surface area contributed by atoms with E-state index in [0.717, 1.165) is 42.5 Å². The molecular formula is C28H37Cl2N3O2SSi. The zero-order valence-electron chi connectivity index (χ0n) is 22.5. The molecular weight excluding hydrogens is 541 g/mol. The van der Waals surface area contributed by atoms with Crippen LogP contribution in [0, 0.1) is 0 Å². The lowest BCUT2D eigenvalue weighted by Crippen LogP contribution is -2.45. The lowest BCUT2D eigenvalue weighted by atomic mass is 9.95. The summed E-state index contributed by atoms with van der Waals surface area (Å²) in [6.45, 7) is 11.5. The highest BCUT2D eigenvalue weighted by Crippen LogP contribution is 2.41. The second-order valence-corrected chi connectivity index (χ2v) is 17.7. The Morgan fingerprint density at radius 2 is 1.76 bits per heavy atom. The number of aromatic nitrogens is 2. The fourth-order valence-electron chi connectivity index (χ4n) is 4.33. The average molecular weight is 579 g/mol. The summed E-state index contributed by atoms with van der Waals surface area (Å²) in [7, 11) is -1.79. The Bertz CT molecular complexity index is 1240. The van der Waals surface area contributed by atoms with Gasteiger partial charge in [-0.2, -0.15) is 11.8 Å². The third-order valence-corrected chi connectivity index (χ3v) is 13.1. The molecule has 0 unspecified atom stereocenters. The Hall–Kier alpha value is -1.51. The van der Waals surface area contributed by atoms with Crippen LogP contribution in [0.25, 0.3) is 10.9 Å². The van der Waals surface area contributed by atoms with Crippen molar-refractivity contribution in [1.82, 2.24) is 9.97 Å². The number of halogens is 2. The number of nitrogens with one attached hydrogen (secondary N) is 1. The van der Waals surface area contributed by atoms with E-state index in [1.807, 2.05) is 12.1 Å². The van der Waals surface area contributed by atoms with E-state index in [0.29, 0.717) is 27.3 Å². The van der Waals surface area contributed by atoms with E-state index in [9.17, 15) is 0 Å². The summed E-state index contributed by atoms with van der Waals surface area (Å²) >= 11 is 14.9. The van der Waals surface area contributed by atoms with E-state index in [1.54, 1.807) is 24.0 Å². The molecule has 37 heavy (non-hydrogen) atoms. The van der Waals surface area contributed by atoms with Crippen molar-refractivity contribution in [3.8, 4) is 5.75 Å². The SMILES string of the molecule is CSCc1cccc(Nc2ncc3c(Cl)cc(Cl)c(O[C@H]4CC[C@@H](O[Si](C)(C)C(C)(C)C)CC4)c3n2)c1. The monoisotopic (exact) mass is 577 g/mol. The number of hydrogen-bond donors (Lipinski definition) is 1. The second kappa shape index (κ2) is 11.7. The zero-order valence-corrected chi connectivity index (χ0v) is 25.9. The number of rotatable bonds is 8. The molecule has 0 saturated heterocycles. The maximum absolute atomic E-state index is 6.66. The summed E-state index contributed by atoms with van der Waals surface area (Å²) in [5.41, 5.74) is 2.79. The number of ether oxygens (including phenoxy) is 1. The number of hydrogen-bond acceptors (Lipinski definition) is 6. The minimum atomic E-state index is -1.79. The molecule has 3 aromatic rings. The molecule has 0 bridgehead atoms. The van der Waals surface area contributed by atoms with Gasteiger partial charge in [-0.15, -0.1) is 0 Å². The number of anilines is 2. The molecule has 0 amide bonds. The number of benzene rings is 2. The molecule has 1 fully saturated rings. The summed E-state index contributed by atoms with van der Waals surface area (Å²) in [4.78, 5) is 9.28. The van der Waals surface area contributed by atoms with Crippen molar-refractivity contribution in [3.05, 3.63) is 52.1 Å². The van der Waals surface area contributed by atoms with Crippen LogP contribution in [-0.4, -0.2) is 36.7 Å². The molecule has 0 radical (unpaired) electrons. The van der Waals surface area contributed by atoms with Gasteiger partial charge in [0, 0.05) is 29.1 Å². The minimum Gasteiger partial charge on any atom is -0.487 e. The first-order valence-corrected chi connectivity index (χ1v) is 17.9. The molecule has 4 rings (SSSR count). The molecule has 1 aromatic heterocycles. The van der Waals surface area contributed by atoms with Crippen molar-refractivity contribution in [2.45, 2.75) is 82.5 Å². The molecule has 1 saturated carbocycles. The Morgan fingerprint density at radius 1 is 1.05 bits per heavy atom. The predicted molar refractivity (Wildman–Crippen MR) is 161 cm³/mol. The summed E-state index contributed by atoms with van der Waals surface area (Å²) in [6.07, 6.45) is 7.95. The van der Waals surface area contributed by atoms with Crippen molar-refractivity contribution < 1.29 is 9.16 Å². The lowest BCUT2D eigenvalue weighted by Gasteiger charge is -2.41. The van der Waals surface area contributed by atoms with Crippen LogP contribution in [0.15, 0.2) is 36.5 Å². The summed E-state index contributed by atoms with van der Waals surface area (Å²) < 4.78 is 13.2. The molecule has 0 spiro atoms. The van der Waals surface area contributed by atoms with Crippen molar-refractivity contribution in [2.24, 2.45) is 0 Å². The normalized spacial score (nSPS) is 18.7. The Morgan fingerprint density at radius 3 is 2.43 bits per heavy atom. The molecule has 1 aliphatic carbocycles. The third-order valence-electron chi connectivity index (χ3n) is 7.40. The average Bonchev–Trinajstić information content (AvgIpc) is 2.82. The van der Waals surface area contributed by atoms with Crippen molar-refractivity contribution in [3.63, 3.8) is 0 Å². The van der Waals surface area contributed by atoms with Gasteiger partial charge in [0.05, 0.1) is 16.1 Å². The molecule has 0 aliphatic heterocycles. The Balaban J connectivity index is 1.51. The van der Waals surface area contributed by atoms with Crippen molar-refractivity contribution >= 4 is 65.8 Å². The van der Waals surface area contributed by atoms with Gasteiger partial charge in [-0.1, -0.05) is 56.1 Å². The van der Waals surface area contributed by atoms with Gasteiger partial charge in [-0.3, -0.25) is 0 Å². The molecule has 1 aliphatic rings. The van der Waals surface area contributed by atoms with E-state index in [4.69, 9.17) is 37.3 Å². The van der Waals surface area contributed by atoms with Crippen molar-refractivity contribution in [2.75, 3.05) is 11.6 Å². The largest absolute Gasteiger partial charge is 0.487 e. The summed E-state index contributed by atoms with van der Waals surface area (Å²) in [5, 5.41) is 5.21. The van der Waals surface area contributed by atoms with Gasteiger partial charge < -0.3 is 14.5 Å². The molecule has 1 N–H and O–H groups in total. The van der Waals surface area contributed by atoms with E-state index in [-0.39, 0.29) is 17.2 Å². The minimum absolute atomic E-state index is 0.0516. The van der Waals surface area contributed by atoms with Gasteiger partial charge in [0.1, 0.15) is 5.52 Å². The third kappa shape index (κ3) is 6.93. The van der Waals surface area contributed by atoms with E-state index in [2.05, 4.69) is 62.6 Å². The fourth-order valence-corrected chi connectivity index (χ4v) is 6.81. The van der Waals surface area contributed by atoms with E-state index >= 15 is 0 Å². The summed E-state index contributed by atoms with van der Waals surface area (Å²) in [6, 6.07) is 9.97. The van der Waals surface area contributed by atoms with Crippen LogP contribution in [0.1, 0.15) is 52.0 Å². The predicted octanol–water partition coefficient (Wildman–Crippen LogP) is 9.25. The van der Waals surface area contributed by atoms with Crippen LogP contribution in [0.3, 0.4) is 0 Å². The van der Waals surface area contributed by atoms with Crippen LogP contribution in [0.2, 0.25) is 28.2 Å². The highest BCUT2D eigenvalue weighted by molar-refractivity contribution is 7.97. The first-order chi connectivity index (χ1) is 17.5. The number of nitrogens with zero attached hydrogens (tertiary/aromatic N) is 2. The first-order valence-electron chi connectivity index (χ1n) is 12.8. The van der Waals surface area contributed by atoms with Gasteiger partial charge in [0.25, 0.3) is 0 Å². The van der Waals surface area contributed by atoms with E-state index < -0.39 is 8.32 Å². The molecule has 9 heteroatoms. The number of thioether (sulfide) groups is 1. The highest BCUT2D eigenvalue weighted by Gasteiger charge is 2.40. The van der Waals surface area contributed by atoms with Gasteiger partial charge in [-0.25, -0.2) is 9.97 Å². The zero-order chi connectivity index (χ0) is 26.8. The van der Waals surface area contributed by atoms with Gasteiger partial charge in [0.2, 0.25) is 5.95 Å². The van der Waals surface area contributed by atoms with Gasteiger partial charge >= 0.3 is 0 Å². The molecule has 5 nitrogen and oxygen atoms in total. The molecule has 1 heterocycles. The number of fused-ring (bicyclic) bond motifs is 1. The van der Waals surface area contributed by atoms with Crippen molar-refractivity contribution in [1.29, 1.82) is 0 Å². The Labute approximate surface area is 236 Å². The van der Waals surface area contributed by atoms with Gasteiger partial charge in [-0.05, 0) is 73.8 Å². The molecule has 0 atom stereocenters. The van der Waals surface area contributed by atoms with Crippen LogP contribution < -0.4 is 10.1 Å². The Kier molecular flexibility index (Phi) is 9.01. The maximum atomic E-state index is 6.66. The van der Waals surface area contributed by atoms with E-state index in [1.165, 1.54) is 5.56 Å². The fraction of sp³-hybridized carbons (Fsp3) is 0.500. The van der Waals surface area contributed by atoms with Crippen LogP contribution in [0.5, 0.6) is 5.75 Å². The maximum Gasteiger partial charge on any atom is 0.227 e. The van der Waals surface area contributed by atoms with Crippen LogP contribution in [0.4, 0.5) is 11.6 Å².